The lowest BCUT2D eigenvalue weighted by atomic mass is 10.2. The van der Waals surface area contributed by atoms with Crippen molar-refractivity contribution < 1.29 is 0 Å². The highest BCUT2D eigenvalue weighted by molar-refractivity contribution is 7.97. The average molecular weight is 282 g/mol. The highest BCUT2D eigenvalue weighted by atomic mass is 32.2. The van der Waals surface area contributed by atoms with Gasteiger partial charge in [-0.1, -0.05) is 13.8 Å². The molecule has 18 heavy (non-hydrogen) atoms. The highest BCUT2D eigenvalue weighted by Crippen LogP contribution is 2.21. The van der Waals surface area contributed by atoms with Crippen LogP contribution in [0.4, 0.5) is 0 Å². The third-order valence-electron chi connectivity index (χ3n) is 2.64. The summed E-state index contributed by atoms with van der Waals surface area (Å²) in [6, 6.07) is 0. The van der Waals surface area contributed by atoms with E-state index < -0.39 is 0 Å². The summed E-state index contributed by atoms with van der Waals surface area (Å²) >= 11 is 3.60. The molecule has 0 N–H and O–H groups in total. The van der Waals surface area contributed by atoms with Crippen molar-refractivity contribution in [3.63, 3.8) is 0 Å². The first-order valence-corrected chi connectivity index (χ1v) is 7.92. The Morgan fingerprint density at radius 2 is 2.11 bits per heavy atom. The Labute approximate surface area is 116 Å². The number of thioether (sulfide) groups is 1. The van der Waals surface area contributed by atoms with Gasteiger partial charge in [0.2, 0.25) is 0 Å². The number of aryl methyl sites for hydroxylation is 1. The Balaban J connectivity index is 1.90. The third kappa shape index (κ3) is 3.11. The van der Waals surface area contributed by atoms with Crippen molar-refractivity contribution in [2.24, 2.45) is 7.05 Å². The maximum atomic E-state index is 4.36. The fourth-order valence-electron chi connectivity index (χ4n) is 1.70. The van der Waals surface area contributed by atoms with Gasteiger partial charge in [-0.05, 0) is 6.92 Å². The molecule has 2 heterocycles. The van der Waals surface area contributed by atoms with Crippen LogP contribution < -0.4 is 0 Å². The molecule has 4 nitrogen and oxygen atoms in total. The second-order valence-electron chi connectivity index (χ2n) is 4.55. The van der Waals surface area contributed by atoms with Crippen LogP contribution in [0.2, 0.25) is 0 Å². The van der Waals surface area contributed by atoms with Crippen molar-refractivity contribution >= 4 is 23.1 Å². The molecule has 0 atom stereocenters. The number of nitrogens with zero attached hydrogens (tertiary/aromatic N) is 4. The van der Waals surface area contributed by atoms with Gasteiger partial charge in [0.1, 0.15) is 16.7 Å². The summed E-state index contributed by atoms with van der Waals surface area (Å²) in [5.74, 6) is 4.34. The number of hydrogen-bond acceptors (Lipinski definition) is 5. The first kappa shape index (κ1) is 13.5. The summed E-state index contributed by atoms with van der Waals surface area (Å²) in [4.78, 5) is 5.63. The Hall–Kier alpha value is -0.880. The number of rotatable bonds is 5. The van der Waals surface area contributed by atoms with Gasteiger partial charge in [0.05, 0.1) is 5.75 Å². The molecule has 0 amide bonds. The second-order valence-corrected chi connectivity index (χ2v) is 6.85. The summed E-state index contributed by atoms with van der Waals surface area (Å²) in [5, 5.41) is 9.66. The number of aromatic nitrogens is 4. The quantitative estimate of drug-likeness (QED) is 0.845. The fourth-order valence-corrected chi connectivity index (χ4v) is 3.55. The average Bonchev–Trinajstić information content (AvgIpc) is 2.87. The van der Waals surface area contributed by atoms with Gasteiger partial charge in [0.25, 0.3) is 0 Å². The van der Waals surface area contributed by atoms with Crippen LogP contribution in [0.3, 0.4) is 0 Å². The minimum absolute atomic E-state index is 0.419. The maximum Gasteiger partial charge on any atom is 0.142 e. The van der Waals surface area contributed by atoms with E-state index in [2.05, 4.69) is 40.5 Å². The van der Waals surface area contributed by atoms with Crippen LogP contribution in [0.5, 0.6) is 0 Å². The van der Waals surface area contributed by atoms with Crippen LogP contribution in [0, 0.1) is 6.92 Å². The van der Waals surface area contributed by atoms with E-state index in [4.69, 9.17) is 0 Å². The van der Waals surface area contributed by atoms with E-state index in [1.165, 1.54) is 9.88 Å². The zero-order chi connectivity index (χ0) is 13.1. The fraction of sp³-hybridized carbons (Fsp3) is 0.583. The van der Waals surface area contributed by atoms with Gasteiger partial charge < -0.3 is 4.57 Å². The molecule has 0 saturated heterocycles. The molecule has 0 bridgehead atoms. The van der Waals surface area contributed by atoms with Crippen LogP contribution in [0.25, 0.3) is 0 Å². The molecule has 0 unspecified atom stereocenters. The molecular formula is C12H18N4S2. The van der Waals surface area contributed by atoms with Crippen molar-refractivity contribution in [3.8, 4) is 0 Å². The predicted octanol–water partition coefficient (Wildman–Crippen LogP) is 3.14. The molecule has 0 aliphatic heterocycles. The molecule has 0 aliphatic carbocycles. The van der Waals surface area contributed by atoms with Gasteiger partial charge in [-0.3, -0.25) is 0 Å². The maximum absolute atomic E-state index is 4.36. The minimum atomic E-state index is 0.419. The Kier molecular flexibility index (Phi) is 4.40. The van der Waals surface area contributed by atoms with Crippen molar-refractivity contribution in [2.75, 3.05) is 0 Å². The molecule has 0 aliphatic rings. The molecule has 2 aromatic rings. The van der Waals surface area contributed by atoms with Gasteiger partial charge in [-0.15, -0.1) is 33.3 Å². The highest BCUT2D eigenvalue weighted by Gasteiger charge is 2.11. The number of hydrogen-bond donors (Lipinski definition) is 0. The first-order valence-electron chi connectivity index (χ1n) is 5.95. The van der Waals surface area contributed by atoms with Gasteiger partial charge in [-0.2, -0.15) is 0 Å². The van der Waals surface area contributed by atoms with E-state index in [0.717, 1.165) is 23.2 Å². The predicted molar refractivity (Wildman–Crippen MR) is 76.9 cm³/mol. The van der Waals surface area contributed by atoms with Crippen molar-refractivity contribution in [3.05, 3.63) is 27.7 Å². The van der Waals surface area contributed by atoms with Crippen molar-refractivity contribution in [2.45, 2.75) is 38.2 Å². The van der Waals surface area contributed by atoms with Gasteiger partial charge >= 0.3 is 0 Å². The van der Waals surface area contributed by atoms with E-state index in [-0.39, 0.29) is 0 Å². The van der Waals surface area contributed by atoms with E-state index in [0.29, 0.717) is 5.92 Å². The molecular weight excluding hydrogens is 264 g/mol. The monoisotopic (exact) mass is 282 g/mol. The molecule has 0 aromatic carbocycles. The summed E-state index contributed by atoms with van der Waals surface area (Å²) in [6.45, 7) is 6.36. The van der Waals surface area contributed by atoms with Crippen LogP contribution >= 0.6 is 23.1 Å². The largest absolute Gasteiger partial charge is 0.317 e. The molecule has 98 valence electrons. The van der Waals surface area contributed by atoms with E-state index in [1.54, 1.807) is 11.3 Å². The topological polar surface area (TPSA) is 43.6 Å². The van der Waals surface area contributed by atoms with Gasteiger partial charge in [0, 0.05) is 29.8 Å². The van der Waals surface area contributed by atoms with Crippen molar-refractivity contribution in [1.29, 1.82) is 0 Å². The molecule has 0 spiro atoms. The summed E-state index contributed by atoms with van der Waals surface area (Å²) in [6.07, 6.45) is 1.93. The SMILES string of the molecule is Cc1cnc(CSCc2nnc(C(C)C)n2C)s1. The zero-order valence-electron chi connectivity index (χ0n) is 11.2. The Morgan fingerprint density at radius 3 is 2.67 bits per heavy atom. The molecule has 0 fully saturated rings. The van der Waals surface area contributed by atoms with Crippen LogP contribution in [0.1, 0.15) is 41.3 Å². The Bertz CT molecular complexity index is 516. The molecule has 2 rings (SSSR count). The lowest BCUT2D eigenvalue weighted by Crippen LogP contribution is -2.03. The zero-order valence-corrected chi connectivity index (χ0v) is 12.8. The number of thiazole rings is 1. The minimum Gasteiger partial charge on any atom is -0.317 e. The lowest BCUT2D eigenvalue weighted by molar-refractivity contribution is 0.698. The molecule has 2 aromatic heterocycles. The molecule has 0 radical (unpaired) electrons. The van der Waals surface area contributed by atoms with E-state index in [1.807, 2.05) is 25.0 Å². The smallest absolute Gasteiger partial charge is 0.142 e. The van der Waals surface area contributed by atoms with E-state index in [9.17, 15) is 0 Å². The van der Waals surface area contributed by atoms with Gasteiger partial charge in [-0.25, -0.2) is 4.98 Å². The molecule has 0 saturated carbocycles. The summed E-state index contributed by atoms with van der Waals surface area (Å²) in [5.41, 5.74) is 0. The van der Waals surface area contributed by atoms with Crippen LogP contribution in [-0.4, -0.2) is 19.7 Å². The second kappa shape index (κ2) is 5.84. The third-order valence-corrected chi connectivity index (χ3v) is 4.68. The van der Waals surface area contributed by atoms with Crippen molar-refractivity contribution in [1.82, 2.24) is 19.7 Å². The molecule has 6 heteroatoms. The van der Waals surface area contributed by atoms with Crippen LogP contribution in [0.15, 0.2) is 6.20 Å². The lowest BCUT2D eigenvalue weighted by Gasteiger charge is -2.05. The Morgan fingerprint density at radius 1 is 1.33 bits per heavy atom. The van der Waals surface area contributed by atoms with E-state index >= 15 is 0 Å². The standard InChI is InChI=1S/C12H18N4S2/c1-8(2)12-15-14-10(16(12)4)6-17-7-11-13-5-9(3)18-11/h5,8H,6-7H2,1-4H3. The first-order chi connectivity index (χ1) is 8.58. The summed E-state index contributed by atoms with van der Waals surface area (Å²) < 4.78 is 2.10. The summed E-state index contributed by atoms with van der Waals surface area (Å²) in [7, 11) is 2.04. The van der Waals surface area contributed by atoms with Crippen LogP contribution in [-0.2, 0) is 18.6 Å². The van der Waals surface area contributed by atoms with Gasteiger partial charge in [0.15, 0.2) is 0 Å². The normalized spacial score (nSPS) is 11.4.